The minimum Gasteiger partial charge on any atom is -0.392 e. The molecular formula is C9H8ClFO. The van der Waals surface area contributed by atoms with Crippen LogP contribution in [0.15, 0.2) is 12.1 Å². The van der Waals surface area contributed by atoms with E-state index in [0.717, 1.165) is 11.1 Å². The summed E-state index contributed by atoms with van der Waals surface area (Å²) in [5.41, 5.74) is 1.85. The molecule has 1 aliphatic rings. The van der Waals surface area contributed by atoms with Gasteiger partial charge in [0.2, 0.25) is 0 Å². The lowest BCUT2D eigenvalue weighted by molar-refractivity contribution is 0.187. The third kappa shape index (κ3) is 1.21. The van der Waals surface area contributed by atoms with Gasteiger partial charge in [-0.05, 0) is 36.1 Å². The number of rotatable bonds is 0. The highest BCUT2D eigenvalue weighted by atomic mass is 35.5. The van der Waals surface area contributed by atoms with Gasteiger partial charge in [0.1, 0.15) is 5.82 Å². The Kier molecular flexibility index (Phi) is 1.81. The van der Waals surface area contributed by atoms with Crippen molar-refractivity contribution in [2.75, 3.05) is 0 Å². The van der Waals surface area contributed by atoms with Crippen molar-refractivity contribution in [2.24, 2.45) is 0 Å². The number of benzene rings is 1. The molecule has 1 aliphatic carbocycles. The third-order valence-electron chi connectivity index (χ3n) is 2.15. The summed E-state index contributed by atoms with van der Waals surface area (Å²) in [6.07, 6.45) is 0.775. The van der Waals surface area contributed by atoms with E-state index in [9.17, 15) is 9.50 Å². The van der Waals surface area contributed by atoms with Crippen LogP contribution >= 0.6 is 11.6 Å². The summed E-state index contributed by atoms with van der Waals surface area (Å²) in [6, 6.07) is 3.01. The van der Waals surface area contributed by atoms with Crippen LogP contribution in [0.25, 0.3) is 0 Å². The number of halogens is 2. The Balaban J connectivity index is 2.48. The first-order chi connectivity index (χ1) is 5.66. The van der Waals surface area contributed by atoms with E-state index in [1.807, 2.05) is 0 Å². The Morgan fingerprint density at radius 1 is 1.33 bits per heavy atom. The largest absolute Gasteiger partial charge is 0.392 e. The summed E-state index contributed by atoms with van der Waals surface area (Å²) in [5, 5.41) is 9.41. The van der Waals surface area contributed by atoms with Crippen LogP contribution in [-0.4, -0.2) is 11.2 Å². The van der Waals surface area contributed by atoms with Gasteiger partial charge in [0.05, 0.1) is 11.1 Å². The van der Waals surface area contributed by atoms with Crippen LogP contribution in [0.4, 0.5) is 4.39 Å². The maximum atomic E-state index is 12.9. The molecule has 0 fully saturated rings. The summed E-state index contributed by atoms with van der Waals surface area (Å²) in [4.78, 5) is 0. The molecule has 3 heteroatoms. The number of aliphatic hydroxyl groups is 1. The van der Waals surface area contributed by atoms with Gasteiger partial charge in [0.15, 0.2) is 0 Å². The topological polar surface area (TPSA) is 20.2 Å². The average molecular weight is 187 g/mol. The fourth-order valence-corrected chi connectivity index (χ4v) is 1.78. The Morgan fingerprint density at radius 3 is 2.58 bits per heavy atom. The maximum Gasteiger partial charge on any atom is 0.142 e. The molecule has 0 saturated carbocycles. The van der Waals surface area contributed by atoms with Crippen molar-refractivity contribution in [1.82, 2.24) is 0 Å². The van der Waals surface area contributed by atoms with Gasteiger partial charge >= 0.3 is 0 Å². The second kappa shape index (κ2) is 2.71. The second-order valence-electron chi connectivity index (χ2n) is 3.10. The minimum atomic E-state index is -0.399. The zero-order valence-electron chi connectivity index (χ0n) is 6.35. The van der Waals surface area contributed by atoms with E-state index in [1.54, 1.807) is 6.07 Å². The Morgan fingerprint density at radius 2 is 1.92 bits per heavy atom. The van der Waals surface area contributed by atoms with Gasteiger partial charge in [-0.1, -0.05) is 11.6 Å². The molecule has 12 heavy (non-hydrogen) atoms. The van der Waals surface area contributed by atoms with E-state index in [-0.39, 0.29) is 11.1 Å². The average Bonchev–Trinajstić information content (AvgIpc) is 2.30. The molecule has 0 spiro atoms. The molecule has 0 saturated heterocycles. The highest BCUT2D eigenvalue weighted by Crippen LogP contribution is 2.27. The van der Waals surface area contributed by atoms with Crippen LogP contribution in [0.2, 0.25) is 5.02 Å². The van der Waals surface area contributed by atoms with E-state index in [4.69, 9.17) is 11.6 Å². The van der Waals surface area contributed by atoms with E-state index >= 15 is 0 Å². The number of hydrogen-bond acceptors (Lipinski definition) is 1. The van der Waals surface area contributed by atoms with E-state index in [0.29, 0.717) is 12.8 Å². The van der Waals surface area contributed by atoms with Crippen molar-refractivity contribution in [1.29, 1.82) is 0 Å². The molecule has 0 heterocycles. The van der Waals surface area contributed by atoms with Crippen molar-refractivity contribution >= 4 is 11.6 Å². The first-order valence-corrected chi connectivity index (χ1v) is 4.19. The van der Waals surface area contributed by atoms with Crippen molar-refractivity contribution in [3.63, 3.8) is 0 Å². The Bertz CT molecular complexity index is 294. The molecule has 1 aromatic carbocycles. The van der Waals surface area contributed by atoms with Gasteiger partial charge in [0, 0.05) is 0 Å². The monoisotopic (exact) mass is 186 g/mol. The number of hydrogen-bond donors (Lipinski definition) is 1. The molecule has 0 aromatic heterocycles. The van der Waals surface area contributed by atoms with E-state index in [2.05, 4.69) is 0 Å². The van der Waals surface area contributed by atoms with E-state index in [1.165, 1.54) is 6.07 Å². The molecule has 1 nitrogen and oxygen atoms in total. The molecule has 1 atom stereocenters. The quantitative estimate of drug-likeness (QED) is 0.657. The molecule has 0 aliphatic heterocycles. The molecule has 0 radical (unpaired) electrons. The van der Waals surface area contributed by atoms with Crippen molar-refractivity contribution in [3.05, 3.63) is 34.1 Å². The highest BCUT2D eigenvalue weighted by molar-refractivity contribution is 6.30. The number of fused-ring (bicyclic) bond motifs is 1. The second-order valence-corrected chi connectivity index (χ2v) is 3.50. The first-order valence-electron chi connectivity index (χ1n) is 3.81. The predicted molar refractivity (Wildman–Crippen MR) is 44.8 cm³/mol. The molecule has 64 valence electrons. The maximum absolute atomic E-state index is 12.9. The van der Waals surface area contributed by atoms with Crippen LogP contribution in [0, 0.1) is 5.82 Å². The van der Waals surface area contributed by atoms with Crippen molar-refractivity contribution in [2.45, 2.75) is 18.9 Å². The molecule has 0 bridgehead atoms. The molecular weight excluding hydrogens is 179 g/mol. The molecule has 2 rings (SSSR count). The van der Waals surface area contributed by atoms with Gasteiger partial charge < -0.3 is 5.11 Å². The fraction of sp³-hybridized carbons (Fsp3) is 0.333. The minimum absolute atomic E-state index is 0.142. The van der Waals surface area contributed by atoms with Crippen molar-refractivity contribution < 1.29 is 9.50 Å². The lowest BCUT2D eigenvalue weighted by atomic mass is 10.1. The molecule has 0 amide bonds. The van der Waals surface area contributed by atoms with E-state index < -0.39 is 5.82 Å². The van der Waals surface area contributed by atoms with Gasteiger partial charge in [-0.15, -0.1) is 0 Å². The van der Waals surface area contributed by atoms with Crippen LogP contribution in [0.1, 0.15) is 11.1 Å². The smallest absolute Gasteiger partial charge is 0.142 e. The standard InChI is InChI=1S/C9H8ClFO/c10-8-3-5-1-7(12)2-6(5)4-9(8)11/h3-4,7,12H,1-2H2. The van der Waals surface area contributed by atoms with Gasteiger partial charge in [0.25, 0.3) is 0 Å². The zero-order chi connectivity index (χ0) is 8.72. The third-order valence-corrected chi connectivity index (χ3v) is 2.44. The molecule has 1 aromatic rings. The predicted octanol–water partition coefficient (Wildman–Crippen LogP) is 1.94. The summed E-state index contributed by atoms with van der Waals surface area (Å²) >= 11 is 5.58. The number of aliphatic hydroxyl groups excluding tert-OH is 1. The van der Waals surface area contributed by atoms with Gasteiger partial charge in [-0.25, -0.2) is 4.39 Å². The summed E-state index contributed by atoms with van der Waals surface area (Å²) < 4.78 is 12.9. The highest BCUT2D eigenvalue weighted by Gasteiger charge is 2.20. The first kappa shape index (κ1) is 8.02. The SMILES string of the molecule is OC1Cc2cc(F)c(Cl)cc2C1. The van der Waals surface area contributed by atoms with Gasteiger partial charge in [-0.3, -0.25) is 0 Å². The summed E-state index contributed by atoms with van der Waals surface area (Å²) in [7, 11) is 0. The molecule has 1 unspecified atom stereocenters. The summed E-state index contributed by atoms with van der Waals surface area (Å²) in [5.74, 6) is -0.399. The van der Waals surface area contributed by atoms with Crippen LogP contribution in [0.3, 0.4) is 0 Å². The summed E-state index contributed by atoms with van der Waals surface area (Å²) in [6.45, 7) is 0. The van der Waals surface area contributed by atoms with Crippen LogP contribution in [-0.2, 0) is 12.8 Å². The fourth-order valence-electron chi connectivity index (χ4n) is 1.59. The molecule has 1 N–H and O–H groups in total. The lowest BCUT2D eigenvalue weighted by Crippen LogP contribution is -2.03. The Hall–Kier alpha value is -0.600. The Labute approximate surface area is 74.8 Å². The normalized spacial score (nSPS) is 21.1. The van der Waals surface area contributed by atoms with Gasteiger partial charge in [-0.2, -0.15) is 0 Å². The van der Waals surface area contributed by atoms with Crippen molar-refractivity contribution in [3.8, 4) is 0 Å². The van der Waals surface area contributed by atoms with Crippen LogP contribution < -0.4 is 0 Å². The van der Waals surface area contributed by atoms with Crippen LogP contribution in [0.5, 0.6) is 0 Å². The zero-order valence-corrected chi connectivity index (χ0v) is 7.11. The lowest BCUT2D eigenvalue weighted by Gasteiger charge is -1.99.